The Labute approximate surface area is 67.9 Å². The van der Waals surface area contributed by atoms with Crippen LogP contribution in [-0.4, -0.2) is 18.0 Å². The first kappa shape index (κ1) is 10.4. The number of aliphatic hydroxyl groups is 1. The number of hydrogen-bond donors (Lipinski definition) is 1. The molecule has 0 aliphatic carbocycles. The lowest BCUT2D eigenvalue weighted by Crippen LogP contribution is -1.94. The second-order valence-electron chi connectivity index (χ2n) is 2.70. The van der Waals surface area contributed by atoms with Crippen molar-refractivity contribution < 1.29 is 9.90 Å². The van der Waals surface area contributed by atoms with Crippen LogP contribution in [0.5, 0.6) is 0 Å². The van der Waals surface area contributed by atoms with E-state index < -0.39 is 0 Å². The summed E-state index contributed by atoms with van der Waals surface area (Å²) in [5.41, 5.74) is 0. The summed E-state index contributed by atoms with van der Waals surface area (Å²) in [6, 6.07) is 0. The van der Waals surface area contributed by atoms with Crippen molar-refractivity contribution in [3.8, 4) is 0 Å². The third-order valence-electron chi connectivity index (χ3n) is 1.53. The van der Waals surface area contributed by atoms with Crippen LogP contribution in [0.3, 0.4) is 0 Å². The lowest BCUT2D eigenvalue weighted by atomic mass is 10.1. The van der Waals surface area contributed by atoms with Crippen molar-refractivity contribution in [3.05, 3.63) is 12.2 Å². The minimum atomic E-state index is 0.114. The zero-order valence-corrected chi connectivity index (χ0v) is 6.99. The van der Waals surface area contributed by atoms with Crippen LogP contribution < -0.4 is 0 Å². The number of carbonyl (C=O) groups is 1. The molecule has 0 spiro atoms. The molecule has 0 aromatic heterocycles. The van der Waals surface area contributed by atoms with Gasteiger partial charge >= 0.3 is 0 Å². The maximum Gasteiger partial charge on any atom is 0.122 e. The molecule has 0 aliphatic rings. The first-order valence-corrected chi connectivity index (χ1v) is 4.02. The van der Waals surface area contributed by atoms with E-state index in [9.17, 15) is 4.79 Å². The lowest BCUT2D eigenvalue weighted by molar-refractivity contribution is -0.110. The Balaban J connectivity index is 3.13. The van der Waals surface area contributed by atoms with E-state index in [0.29, 0.717) is 0 Å². The van der Waals surface area contributed by atoms with E-state index in [1.807, 2.05) is 13.0 Å². The number of unbranched alkanes of at least 4 members (excludes halogenated alkanes) is 1. The van der Waals surface area contributed by atoms with Gasteiger partial charge in [0.05, 0.1) is 6.61 Å². The molecule has 1 N–H and O–H groups in total. The topological polar surface area (TPSA) is 37.3 Å². The summed E-state index contributed by atoms with van der Waals surface area (Å²) in [6.07, 6.45) is 7.58. The zero-order valence-electron chi connectivity index (χ0n) is 6.99. The van der Waals surface area contributed by atoms with Crippen molar-refractivity contribution in [1.82, 2.24) is 0 Å². The molecule has 0 aliphatic heterocycles. The Bertz CT molecular complexity index is 119. The molecule has 0 bridgehead atoms. The molecule has 2 heteroatoms. The second kappa shape index (κ2) is 7.48. The summed E-state index contributed by atoms with van der Waals surface area (Å²) in [5.74, 6) is 0.178. The number of aldehydes is 1. The molecule has 11 heavy (non-hydrogen) atoms. The van der Waals surface area contributed by atoms with Crippen LogP contribution in [0.15, 0.2) is 12.2 Å². The minimum absolute atomic E-state index is 0.114. The number of hydrogen-bond acceptors (Lipinski definition) is 2. The van der Waals surface area contributed by atoms with Gasteiger partial charge in [0.25, 0.3) is 0 Å². The zero-order chi connectivity index (χ0) is 8.53. The fourth-order valence-corrected chi connectivity index (χ4v) is 0.818. The highest BCUT2D eigenvalue weighted by Crippen LogP contribution is 2.04. The maximum atomic E-state index is 10.2. The molecule has 1 unspecified atom stereocenters. The van der Waals surface area contributed by atoms with Gasteiger partial charge in [-0.2, -0.15) is 0 Å². The fraction of sp³-hybridized carbons (Fsp3) is 0.667. The second-order valence-corrected chi connectivity index (χ2v) is 2.70. The van der Waals surface area contributed by atoms with Crippen LogP contribution in [-0.2, 0) is 4.79 Å². The third kappa shape index (κ3) is 7.26. The molecule has 0 heterocycles. The molecule has 0 amide bonds. The highest BCUT2D eigenvalue weighted by molar-refractivity contribution is 5.52. The molecule has 64 valence electrons. The summed E-state index contributed by atoms with van der Waals surface area (Å²) in [7, 11) is 0. The molecule has 0 aromatic rings. The van der Waals surface area contributed by atoms with E-state index in [0.717, 1.165) is 25.5 Å². The van der Waals surface area contributed by atoms with Crippen LogP contribution in [0, 0.1) is 5.92 Å². The Morgan fingerprint density at radius 2 is 2.18 bits per heavy atom. The number of allylic oxidation sites excluding steroid dienone is 1. The monoisotopic (exact) mass is 156 g/mol. The van der Waals surface area contributed by atoms with E-state index in [2.05, 4.69) is 0 Å². The molecule has 0 radical (unpaired) electrons. The summed E-state index contributed by atoms with van der Waals surface area (Å²) >= 11 is 0. The number of rotatable bonds is 6. The number of carbonyl (C=O) groups excluding carboxylic acids is 1. The van der Waals surface area contributed by atoms with Gasteiger partial charge in [0.15, 0.2) is 0 Å². The van der Waals surface area contributed by atoms with Crippen molar-refractivity contribution in [2.24, 2.45) is 5.92 Å². The average Bonchev–Trinajstić information content (AvgIpc) is 2.04. The Morgan fingerprint density at radius 3 is 2.73 bits per heavy atom. The van der Waals surface area contributed by atoms with Gasteiger partial charge in [-0.05, 0) is 19.3 Å². The van der Waals surface area contributed by atoms with Gasteiger partial charge in [-0.3, -0.25) is 0 Å². The van der Waals surface area contributed by atoms with Crippen molar-refractivity contribution in [2.75, 3.05) is 6.61 Å². The summed E-state index contributed by atoms with van der Waals surface area (Å²) < 4.78 is 0. The predicted octanol–water partition coefficient (Wildman–Crippen LogP) is 1.54. The van der Waals surface area contributed by atoms with Gasteiger partial charge in [-0.1, -0.05) is 19.1 Å². The van der Waals surface area contributed by atoms with Crippen LogP contribution in [0.2, 0.25) is 0 Å². The first-order chi connectivity index (χ1) is 5.31. The standard InChI is InChI=1S/C9H16O2/c1-9(8-11)6-4-2-3-5-7-10/h3,5,8-10H,2,4,6-7H2,1H3. The highest BCUT2D eigenvalue weighted by atomic mass is 16.2. The fourth-order valence-electron chi connectivity index (χ4n) is 0.818. The Morgan fingerprint density at radius 1 is 1.45 bits per heavy atom. The van der Waals surface area contributed by atoms with Crippen LogP contribution in [0.4, 0.5) is 0 Å². The van der Waals surface area contributed by atoms with Gasteiger partial charge in [-0.25, -0.2) is 0 Å². The van der Waals surface area contributed by atoms with E-state index in [1.54, 1.807) is 6.08 Å². The predicted molar refractivity (Wildman–Crippen MR) is 45.3 cm³/mol. The lowest BCUT2D eigenvalue weighted by Gasteiger charge is -1.99. The highest BCUT2D eigenvalue weighted by Gasteiger charge is 1.96. The molecule has 1 atom stereocenters. The molecular weight excluding hydrogens is 140 g/mol. The van der Waals surface area contributed by atoms with E-state index in [-0.39, 0.29) is 12.5 Å². The summed E-state index contributed by atoms with van der Waals surface area (Å²) in [6.45, 7) is 2.03. The summed E-state index contributed by atoms with van der Waals surface area (Å²) in [4.78, 5) is 10.2. The van der Waals surface area contributed by atoms with Crippen molar-refractivity contribution >= 4 is 6.29 Å². The van der Waals surface area contributed by atoms with Gasteiger partial charge < -0.3 is 9.90 Å². The van der Waals surface area contributed by atoms with E-state index >= 15 is 0 Å². The van der Waals surface area contributed by atoms with Gasteiger partial charge in [0, 0.05) is 5.92 Å². The molecular formula is C9H16O2. The third-order valence-corrected chi connectivity index (χ3v) is 1.53. The minimum Gasteiger partial charge on any atom is -0.392 e. The van der Waals surface area contributed by atoms with Crippen LogP contribution in [0.1, 0.15) is 26.2 Å². The molecule has 2 nitrogen and oxygen atoms in total. The van der Waals surface area contributed by atoms with E-state index in [1.165, 1.54) is 0 Å². The largest absolute Gasteiger partial charge is 0.392 e. The van der Waals surface area contributed by atoms with Crippen molar-refractivity contribution in [2.45, 2.75) is 26.2 Å². The Kier molecular flexibility index (Phi) is 7.05. The van der Waals surface area contributed by atoms with Gasteiger partial charge in [-0.15, -0.1) is 0 Å². The summed E-state index contributed by atoms with van der Waals surface area (Å²) in [5, 5.41) is 8.38. The normalized spacial score (nSPS) is 13.6. The smallest absolute Gasteiger partial charge is 0.122 e. The quantitative estimate of drug-likeness (QED) is 0.360. The molecule has 0 fully saturated rings. The number of aliphatic hydroxyl groups excluding tert-OH is 1. The van der Waals surface area contributed by atoms with Crippen LogP contribution in [0.25, 0.3) is 0 Å². The Hall–Kier alpha value is -0.630. The molecule has 0 saturated heterocycles. The van der Waals surface area contributed by atoms with Crippen molar-refractivity contribution in [1.29, 1.82) is 0 Å². The molecule has 0 aromatic carbocycles. The molecule has 0 saturated carbocycles. The van der Waals surface area contributed by atoms with Crippen molar-refractivity contribution in [3.63, 3.8) is 0 Å². The average molecular weight is 156 g/mol. The molecule has 0 rings (SSSR count). The SMILES string of the molecule is CC(C=O)CCCC=CCO. The first-order valence-electron chi connectivity index (χ1n) is 4.02. The van der Waals surface area contributed by atoms with E-state index in [4.69, 9.17) is 5.11 Å². The van der Waals surface area contributed by atoms with Crippen LogP contribution >= 0.6 is 0 Å². The van der Waals surface area contributed by atoms with Gasteiger partial charge in [0.2, 0.25) is 0 Å². The maximum absolute atomic E-state index is 10.2. The van der Waals surface area contributed by atoms with Gasteiger partial charge in [0.1, 0.15) is 6.29 Å².